The first-order valence-electron chi connectivity index (χ1n) is 31.0. The molecule has 6 heterocycles. The Hall–Kier alpha value is 2.40. The average Bonchev–Trinajstić information content (AvgIpc) is 4.12. The van der Waals surface area contributed by atoms with Crippen molar-refractivity contribution in [2.75, 3.05) is 34.5 Å². The summed E-state index contributed by atoms with van der Waals surface area (Å²) in [5, 5.41) is 7.14. The summed E-state index contributed by atoms with van der Waals surface area (Å²) in [6, 6.07) is 7.15. The van der Waals surface area contributed by atoms with Gasteiger partial charge in [0.2, 0.25) is 0 Å². The highest BCUT2D eigenvalue weighted by Crippen LogP contribution is 2.65. The van der Waals surface area contributed by atoms with Gasteiger partial charge in [0.05, 0.1) is 50.8 Å². The quantitative estimate of drug-likeness (QED) is 0.0570. The Bertz CT molecular complexity index is 2250. The van der Waals surface area contributed by atoms with Crippen molar-refractivity contribution >= 4 is 230 Å². The Kier molecular flexibility index (Phi) is 39.4. The zero-order valence-electron chi connectivity index (χ0n) is 50.5. The van der Waals surface area contributed by atoms with Crippen molar-refractivity contribution in [1.82, 2.24) is 0 Å². The smallest absolute Gasteiger partial charge is 0.0717 e. The van der Waals surface area contributed by atoms with E-state index in [9.17, 15) is 0 Å². The summed E-state index contributed by atoms with van der Waals surface area (Å²) < 4.78 is 18.1. The van der Waals surface area contributed by atoms with Crippen LogP contribution < -0.4 is 0 Å². The number of unbranched alkanes of at least 4 members (excludes halogenated alkanes) is 18. The van der Waals surface area contributed by atoms with Gasteiger partial charge in [0.1, 0.15) is 0 Å². The van der Waals surface area contributed by atoms with Crippen LogP contribution in [0.3, 0.4) is 0 Å². The Labute approximate surface area is 587 Å². The molecule has 0 bridgehead atoms. The molecular formula is C66H90S18. The van der Waals surface area contributed by atoms with Crippen molar-refractivity contribution in [2.24, 2.45) is 0 Å². The highest BCUT2D eigenvalue weighted by Gasteiger charge is 2.30. The van der Waals surface area contributed by atoms with Crippen LogP contribution in [0.1, 0.15) is 212 Å². The molecule has 7 rings (SSSR count). The van der Waals surface area contributed by atoms with Gasteiger partial charge in [-0.2, -0.15) is 0 Å². The van der Waals surface area contributed by atoms with Crippen LogP contribution in [0.5, 0.6) is 0 Å². The number of hydrogen-bond acceptors (Lipinski definition) is 18. The minimum atomic E-state index is 1.23. The molecule has 6 aliphatic rings. The van der Waals surface area contributed by atoms with Gasteiger partial charge in [0, 0.05) is 14.7 Å². The van der Waals surface area contributed by atoms with Crippen LogP contribution in [-0.2, 0) is 0 Å². The summed E-state index contributed by atoms with van der Waals surface area (Å²) >= 11 is 36.6. The van der Waals surface area contributed by atoms with Gasteiger partial charge in [-0.15, -0.1) is 70.6 Å². The Morgan fingerprint density at radius 1 is 0.250 bits per heavy atom. The molecule has 0 nitrogen and oxygen atoms in total. The number of thioether (sulfide) groups is 18. The molecule has 0 radical (unpaired) electrons. The van der Waals surface area contributed by atoms with Gasteiger partial charge in [0.25, 0.3) is 0 Å². The van der Waals surface area contributed by atoms with Crippen LogP contribution in [0.15, 0.2) is 118 Å². The fourth-order valence-electron chi connectivity index (χ4n) is 8.58. The largest absolute Gasteiger partial charge is 0.117 e. The second-order valence-electron chi connectivity index (χ2n) is 20.7. The molecular weight excluding hydrogens is 1370 g/mol. The molecule has 18 heteroatoms. The van der Waals surface area contributed by atoms with E-state index in [1.165, 1.54) is 245 Å². The molecule has 84 heavy (non-hydrogen) atoms. The number of hydrogen-bond donors (Lipinski definition) is 0. The number of allylic oxidation sites excluding steroid dienone is 3. The monoisotopic (exact) mass is 1460 g/mol. The average molecular weight is 1460 g/mol. The highest BCUT2D eigenvalue weighted by molar-refractivity contribution is 8.44. The van der Waals surface area contributed by atoms with Gasteiger partial charge >= 0.3 is 0 Å². The molecule has 0 spiro atoms. The minimum absolute atomic E-state index is 1.23. The van der Waals surface area contributed by atoms with Gasteiger partial charge in [-0.1, -0.05) is 316 Å². The molecule has 6 aliphatic heterocycles. The van der Waals surface area contributed by atoms with Crippen LogP contribution in [0.2, 0.25) is 0 Å². The van der Waals surface area contributed by atoms with E-state index < -0.39 is 0 Å². The minimum Gasteiger partial charge on any atom is -0.117 e. The van der Waals surface area contributed by atoms with Crippen molar-refractivity contribution in [2.45, 2.75) is 196 Å². The van der Waals surface area contributed by atoms with Crippen molar-refractivity contribution in [3.05, 3.63) is 135 Å². The maximum absolute atomic E-state index is 2.38. The second-order valence-corrected chi connectivity index (χ2v) is 42.4. The predicted octanol–water partition coefficient (Wildman–Crippen LogP) is 30.8. The van der Waals surface area contributed by atoms with Crippen molar-refractivity contribution < 1.29 is 0 Å². The van der Waals surface area contributed by atoms with Gasteiger partial charge in [0.15, 0.2) is 0 Å². The summed E-state index contributed by atoms with van der Waals surface area (Å²) in [4.78, 5) is 3.98. The molecule has 0 saturated heterocycles. The first-order chi connectivity index (χ1) is 41.4. The van der Waals surface area contributed by atoms with E-state index in [0.717, 1.165) is 0 Å². The first-order valence-corrected chi connectivity index (χ1v) is 46.9. The fourth-order valence-corrected chi connectivity index (χ4v) is 34.0. The summed E-state index contributed by atoms with van der Waals surface area (Å²) in [5.41, 5.74) is 3.72. The Morgan fingerprint density at radius 2 is 0.464 bits per heavy atom. The SMILES string of the molecule is CCCCCCSC1=C(SCCCCCC)SC(=C2SC=C(/C=C/c3cc(/C=C/C4=CSC(=C5SC(SCCCCCC)=C(SCCCCCC)S5)S4)cc(/C=C/C4=CSC(=C5SC(SCCCCCC)=C(SCCCCCC)S5)S4)c3)S2)S1. The van der Waals surface area contributed by atoms with Crippen LogP contribution in [0, 0.1) is 0 Å². The maximum Gasteiger partial charge on any atom is 0.0717 e. The highest BCUT2D eigenvalue weighted by atomic mass is 32.3. The number of rotatable bonds is 42. The van der Waals surface area contributed by atoms with Crippen LogP contribution >= 0.6 is 212 Å². The molecule has 1 aromatic carbocycles. The summed E-state index contributed by atoms with van der Waals surface area (Å²) in [6.07, 6.45) is 46.0. The molecule has 462 valence electrons. The summed E-state index contributed by atoms with van der Waals surface area (Å²) in [6.45, 7) is 13.9. The first kappa shape index (κ1) is 73.8. The van der Waals surface area contributed by atoms with E-state index in [2.05, 4.69) is 183 Å². The Morgan fingerprint density at radius 3 is 0.667 bits per heavy atom. The fraction of sp³-hybridized carbons (Fsp3) is 0.545. The van der Waals surface area contributed by atoms with E-state index in [4.69, 9.17) is 0 Å². The van der Waals surface area contributed by atoms with Crippen LogP contribution in [-0.4, -0.2) is 34.5 Å². The van der Waals surface area contributed by atoms with E-state index in [1.54, 1.807) is 25.4 Å². The molecule has 0 unspecified atom stereocenters. The second kappa shape index (κ2) is 44.9. The van der Waals surface area contributed by atoms with E-state index >= 15 is 0 Å². The molecule has 0 aliphatic carbocycles. The molecule has 0 amide bonds. The van der Waals surface area contributed by atoms with Crippen LogP contribution in [0.25, 0.3) is 18.2 Å². The molecule has 1 aromatic rings. The van der Waals surface area contributed by atoms with Crippen molar-refractivity contribution in [1.29, 1.82) is 0 Å². The zero-order chi connectivity index (χ0) is 58.8. The molecule has 0 saturated carbocycles. The molecule has 0 aromatic heterocycles. The Balaban J connectivity index is 1.04. The molecule has 0 atom stereocenters. The third-order valence-electron chi connectivity index (χ3n) is 13.3. The lowest BCUT2D eigenvalue weighted by molar-refractivity contribution is 0.707. The summed E-state index contributed by atoms with van der Waals surface area (Å²) in [7, 11) is 0. The standard InChI is InChI=1S/C66H90S18/c1-7-13-19-25-37-67-55-56(68-38-26-20-14-8-2)80-64(79-55)61-73-46-52(76-61)34-31-49-43-50(32-35-53-47-74-62(77-53)65-81-57(69-39-27-21-15-9-3)58(82-65)70-40-28-22-16-10-4)45-51(44-49)33-36-54-48-75-63(78-54)66-83-59(71-41-29-23-17-11-5)60(84-66)72-42-30-24-18-12-6/h31-36,43-48H,7-30,37-42H2,1-6H3/b34-31+,35-32+,36-33+. The van der Waals surface area contributed by atoms with Gasteiger partial charge in [-0.3, -0.25) is 0 Å². The lowest BCUT2D eigenvalue weighted by Crippen LogP contribution is -1.83. The molecule has 0 N–H and O–H groups in total. The summed E-state index contributed by atoms with van der Waals surface area (Å²) in [5.74, 6) is 7.39. The van der Waals surface area contributed by atoms with Gasteiger partial charge < -0.3 is 0 Å². The normalized spacial score (nSPS) is 17.9. The van der Waals surface area contributed by atoms with Gasteiger partial charge in [-0.25, -0.2) is 0 Å². The lowest BCUT2D eigenvalue weighted by Gasteiger charge is -2.05. The predicted molar refractivity (Wildman–Crippen MR) is 431 cm³/mol. The molecule has 0 fully saturated rings. The maximum atomic E-state index is 2.38. The van der Waals surface area contributed by atoms with E-state index in [0.29, 0.717) is 0 Å². The van der Waals surface area contributed by atoms with E-state index in [-0.39, 0.29) is 0 Å². The topological polar surface area (TPSA) is 0 Å². The third-order valence-corrected chi connectivity index (χ3v) is 39.0. The van der Waals surface area contributed by atoms with Crippen LogP contribution in [0.4, 0.5) is 0 Å². The number of benzene rings is 1. The van der Waals surface area contributed by atoms with Gasteiger partial charge in [-0.05, 0) is 142 Å². The van der Waals surface area contributed by atoms with Crippen molar-refractivity contribution in [3.8, 4) is 0 Å². The third kappa shape index (κ3) is 27.4. The van der Waals surface area contributed by atoms with E-state index in [1.807, 2.05) is 141 Å². The lowest BCUT2D eigenvalue weighted by atomic mass is 10.0. The zero-order valence-corrected chi connectivity index (χ0v) is 65.2. The van der Waals surface area contributed by atoms with Crippen molar-refractivity contribution in [3.63, 3.8) is 0 Å².